The van der Waals surface area contributed by atoms with Crippen LogP contribution < -0.4 is 4.74 Å². The van der Waals surface area contributed by atoms with Crippen molar-refractivity contribution >= 4 is 28.4 Å². The number of aryl methyl sites for hydroxylation is 2. The number of fused-ring (bicyclic) bond motifs is 3. The molecular weight excluding hydrogens is 362 g/mol. The predicted molar refractivity (Wildman–Crippen MR) is 99.1 cm³/mol. The van der Waals surface area contributed by atoms with Gasteiger partial charge in [-0.1, -0.05) is 18.2 Å². The number of aromatic amines is 1. The largest absolute Gasteiger partial charge is 0.400 e. The molecule has 1 atom stereocenters. The first-order chi connectivity index (χ1) is 13.4. The third kappa shape index (κ3) is 2.49. The van der Waals surface area contributed by atoms with Gasteiger partial charge in [0.2, 0.25) is 5.88 Å². The lowest BCUT2D eigenvalue weighted by Gasteiger charge is -2.31. The molecule has 1 aliphatic carbocycles. The highest BCUT2D eigenvalue weighted by Crippen LogP contribution is 2.40. The van der Waals surface area contributed by atoms with Gasteiger partial charge in [-0.15, -0.1) is 0 Å². The maximum atomic E-state index is 13.4. The maximum absolute atomic E-state index is 13.4. The summed E-state index contributed by atoms with van der Waals surface area (Å²) >= 11 is 0. The number of carbonyl (C=O) groups is 3. The second-order valence-corrected chi connectivity index (χ2v) is 7.01. The van der Waals surface area contributed by atoms with Gasteiger partial charge >= 0.3 is 5.97 Å². The number of ketones is 2. The van der Waals surface area contributed by atoms with Crippen LogP contribution in [-0.4, -0.2) is 43.8 Å². The molecule has 0 amide bonds. The number of aliphatic hydroxyl groups excluding tert-OH is 1. The highest BCUT2D eigenvalue weighted by atomic mass is 16.5. The van der Waals surface area contributed by atoms with Gasteiger partial charge in [0.15, 0.2) is 5.78 Å². The number of hydrogen-bond donors (Lipinski definition) is 2. The first kappa shape index (κ1) is 18.1. The topological polar surface area (TPSA) is 114 Å². The summed E-state index contributed by atoms with van der Waals surface area (Å²) in [6.45, 7) is 0.906. The molecule has 1 aliphatic rings. The van der Waals surface area contributed by atoms with E-state index in [2.05, 4.69) is 9.97 Å². The number of hydrogen-bond acceptors (Lipinski definition) is 6. The first-order valence-electron chi connectivity index (χ1n) is 8.89. The van der Waals surface area contributed by atoms with Crippen LogP contribution in [-0.2, 0) is 23.1 Å². The third-order valence-electron chi connectivity index (χ3n) is 5.45. The molecule has 144 valence electrons. The van der Waals surface area contributed by atoms with Crippen LogP contribution in [0.4, 0.5) is 0 Å². The van der Waals surface area contributed by atoms with E-state index < -0.39 is 29.6 Å². The minimum Gasteiger partial charge on any atom is -0.400 e. The number of nitrogens with one attached hydrogen (secondary N) is 1. The van der Waals surface area contributed by atoms with E-state index in [-0.39, 0.29) is 12.3 Å². The van der Waals surface area contributed by atoms with Crippen LogP contribution in [0.25, 0.3) is 10.9 Å². The quantitative estimate of drug-likeness (QED) is 0.402. The Morgan fingerprint density at radius 2 is 2.11 bits per heavy atom. The summed E-state index contributed by atoms with van der Waals surface area (Å²) in [5.74, 6) is -2.36. The van der Waals surface area contributed by atoms with Crippen molar-refractivity contribution in [3.05, 3.63) is 47.5 Å². The van der Waals surface area contributed by atoms with Crippen LogP contribution in [0.1, 0.15) is 28.3 Å². The number of para-hydroxylation sites is 1. The van der Waals surface area contributed by atoms with Crippen molar-refractivity contribution in [2.75, 3.05) is 6.61 Å². The lowest BCUT2D eigenvalue weighted by Crippen LogP contribution is -2.50. The fourth-order valence-electron chi connectivity index (χ4n) is 3.90. The molecule has 8 nitrogen and oxygen atoms in total. The van der Waals surface area contributed by atoms with Crippen molar-refractivity contribution in [1.82, 2.24) is 14.5 Å². The highest BCUT2D eigenvalue weighted by Gasteiger charge is 2.53. The molecule has 3 aromatic rings. The lowest BCUT2D eigenvalue weighted by molar-refractivity contribution is -0.152. The van der Waals surface area contributed by atoms with Crippen LogP contribution in [0.3, 0.4) is 0 Å². The number of rotatable bonds is 4. The molecule has 0 bridgehead atoms. The number of nitrogens with zero attached hydrogens (tertiary/aromatic N) is 2. The number of ether oxygens (including phenoxy) is 1. The Labute approximate surface area is 160 Å². The second-order valence-electron chi connectivity index (χ2n) is 7.01. The molecule has 0 radical (unpaired) electrons. The fraction of sp³-hybridized carbons (Fsp3) is 0.300. The van der Waals surface area contributed by atoms with Crippen molar-refractivity contribution in [2.45, 2.75) is 19.8 Å². The zero-order chi connectivity index (χ0) is 20.1. The smallest absolute Gasteiger partial charge is 0.382 e. The SMILES string of the molecule is Cc1nc(OC(=O)C(=O)C2(CO)CCc3c(c4ccccc4n3C)C2=O)c[nH]1. The number of aromatic nitrogens is 3. The van der Waals surface area contributed by atoms with Crippen molar-refractivity contribution in [3.63, 3.8) is 0 Å². The summed E-state index contributed by atoms with van der Waals surface area (Å²) in [6, 6.07) is 7.36. The zero-order valence-corrected chi connectivity index (χ0v) is 15.5. The Kier molecular flexibility index (Phi) is 4.15. The molecule has 1 unspecified atom stereocenters. The summed E-state index contributed by atoms with van der Waals surface area (Å²) in [5, 5.41) is 10.7. The molecule has 4 rings (SSSR count). The molecule has 0 aliphatic heterocycles. The average Bonchev–Trinajstić information content (AvgIpc) is 3.23. The Morgan fingerprint density at radius 1 is 1.36 bits per heavy atom. The van der Waals surface area contributed by atoms with Crippen molar-refractivity contribution in [1.29, 1.82) is 0 Å². The molecule has 2 N–H and O–H groups in total. The molecule has 8 heteroatoms. The van der Waals surface area contributed by atoms with Crippen LogP contribution in [0.5, 0.6) is 5.88 Å². The van der Waals surface area contributed by atoms with Gasteiger partial charge in [0.05, 0.1) is 12.8 Å². The molecule has 0 saturated heterocycles. The number of benzene rings is 1. The Hall–Kier alpha value is -3.26. The molecule has 28 heavy (non-hydrogen) atoms. The van der Waals surface area contributed by atoms with E-state index in [4.69, 9.17) is 4.74 Å². The van der Waals surface area contributed by atoms with Crippen LogP contribution in [0.2, 0.25) is 0 Å². The summed E-state index contributed by atoms with van der Waals surface area (Å²) in [5.41, 5.74) is 0.186. The van der Waals surface area contributed by atoms with Crippen LogP contribution in [0, 0.1) is 12.3 Å². The normalized spacial score (nSPS) is 18.9. The summed E-state index contributed by atoms with van der Waals surface area (Å²) < 4.78 is 6.92. The standard InChI is InChI=1S/C20H19N3O5/c1-11-21-9-15(22-11)28-19(27)18(26)20(10-24)8-7-14-16(17(20)25)12-5-3-4-6-13(12)23(14)2/h3-6,9,24H,7-8,10H2,1-2H3,(H,21,22). The van der Waals surface area contributed by atoms with Gasteiger partial charge in [-0.2, -0.15) is 4.98 Å². The predicted octanol–water partition coefficient (Wildman–Crippen LogP) is 1.49. The number of aliphatic hydroxyl groups is 1. The average molecular weight is 381 g/mol. The minimum absolute atomic E-state index is 0.0347. The monoisotopic (exact) mass is 381 g/mol. The van der Waals surface area contributed by atoms with E-state index in [0.29, 0.717) is 23.2 Å². The maximum Gasteiger partial charge on any atom is 0.382 e. The first-order valence-corrected chi connectivity index (χ1v) is 8.89. The number of H-pyrrole nitrogens is 1. The molecule has 0 fully saturated rings. The Balaban J connectivity index is 1.74. The number of imidazole rings is 1. The van der Waals surface area contributed by atoms with E-state index in [0.717, 1.165) is 11.2 Å². The Morgan fingerprint density at radius 3 is 2.79 bits per heavy atom. The molecule has 0 spiro atoms. The van der Waals surface area contributed by atoms with Crippen LogP contribution >= 0.6 is 0 Å². The molecule has 0 saturated carbocycles. The lowest BCUT2D eigenvalue weighted by atomic mass is 9.69. The molecular formula is C20H19N3O5. The number of carbonyl (C=O) groups excluding carboxylic acids is 3. The van der Waals surface area contributed by atoms with Gasteiger partial charge in [0, 0.05) is 29.2 Å². The third-order valence-corrected chi connectivity index (χ3v) is 5.45. The van der Waals surface area contributed by atoms with Crippen molar-refractivity contribution in [2.24, 2.45) is 12.5 Å². The summed E-state index contributed by atoms with van der Waals surface area (Å²) in [4.78, 5) is 45.4. The number of Topliss-reactive ketones (excluding diaryl/α,β-unsaturated/α-hetero) is 2. The molecule has 2 heterocycles. The van der Waals surface area contributed by atoms with E-state index in [9.17, 15) is 19.5 Å². The van der Waals surface area contributed by atoms with Gasteiger partial charge in [-0.3, -0.25) is 9.59 Å². The van der Waals surface area contributed by atoms with Gasteiger partial charge in [0.25, 0.3) is 5.78 Å². The van der Waals surface area contributed by atoms with Crippen molar-refractivity contribution < 1.29 is 24.2 Å². The van der Waals surface area contributed by atoms with Gasteiger partial charge < -0.3 is 19.4 Å². The minimum atomic E-state index is -1.85. The van der Waals surface area contributed by atoms with Gasteiger partial charge in [-0.05, 0) is 25.8 Å². The van der Waals surface area contributed by atoms with E-state index in [1.807, 2.05) is 23.7 Å². The van der Waals surface area contributed by atoms with Crippen molar-refractivity contribution in [3.8, 4) is 5.88 Å². The number of esters is 1. The highest BCUT2D eigenvalue weighted by molar-refractivity contribution is 6.43. The summed E-state index contributed by atoms with van der Waals surface area (Å²) in [7, 11) is 1.86. The van der Waals surface area contributed by atoms with Crippen LogP contribution in [0.15, 0.2) is 30.5 Å². The second kappa shape index (κ2) is 6.42. The zero-order valence-electron chi connectivity index (χ0n) is 15.5. The van der Waals surface area contributed by atoms with Gasteiger partial charge in [0.1, 0.15) is 11.2 Å². The van der Waals surface area contributed by atoms with E-state index >= 15 is 0 Å². The van der Waals surface area contributed by atoms with E-state index in [1.54, 1.807) is 19.1 Å². The van der Waals surface area contributed by atoms with Gasteiger partial charge in [-0.25, -0.2) is 4.79 Å². The molecule has 1 aromatic carbocycles. The van der Waals surface area contributed by atoms with E-state index in [1.165, 1.54) is 6.20 Å². The summed E-state index contributed by atoms with van der Waals surface area (Å²) in [6.07, 6.45) is 1.76. The Bertz CT molecular complexity index is 1130. The fourth-order valence-corrected chi connectivity index (χ4v) is 3.90. The molecule has 2 aromatic heterocycles.